The minimum atomic E-state index is -0.788. The van der Waals surface area contributed by atoms with Crippen LogP contribution in [0.2, 0.25) is 0 Å². The molecule has 1 atom stereocenters. The van der Waals surface area contributed by atoms with Gasteiger partial charge in [0.2, 0.25) is 0 Å². The largest absolute Gasteiger partial charge is 0.493 e. The van der Waals surface area contributed by atoms with Crippen LogP contribution < -0.4 is 9.47 Å². The highest BCUT2D eigenvalue weighted by Crippen LogP contribution is 2.30. The Hall–Kier alpha value is -1.95. The molecule has 1 aromatic rings. The molecule has 1 N–H and O–H groups in total. The Morgan fingerprint density at radius 3 is 2.30 bits per heavy atom. The van der Waals surface area contributed by atoms with E-state index in [-0.39, 0.29) is 12.6 Å². The second-order valence-corrected chi connectivity index (χ2v) is 4.69. The van der Waals surface area contributed by atoms with Gasteiger partial charge < -0.3 is 24.4 Å². The number of methoxy groups -OCH3 is 2. The third-order valence-electron chi connectivity index (χ3n) is 2.95. The number of urea groups is 1. The van der Waals surface area contributed by atoms with Gasteiger partial charge in [-0.25, -0.2) is 4.79 Å². The molecule has 0 aromatic heterocycles. The molecule has 0 aliphatic heterocycles. The van der Waals surface area contributed by atoms with Crippen molar-refractivity contribution in [2.75, 3.05) is 41.9 Å². The van der Waals surface area contributed by atoms with Gasteiger partial charge >= 0.3 is 6.03 Å². The fraction of sp³-hybridized carbons (Fsp3) is 0.500. The maximum absolute atomic E-state index is 11.7. The van der Waals surface area contributed by atoms with Crippen molar-refractivity contribution in [2.45, 2.75) is 6.10 Å². The Bertz CT molecular complexity index is 462. The van der Waals surface area contributed by atoms with Crippen molar-refractivity contribution in [1.82, 2.24) is 9.80 Å². The number of ether oxygens (including phenoxy) is 2. The number of hydrogen-bond acceptors (Lipinski definition) is 4. The van der Waals surface area contributed by atoms with Crippen molar-refractivity contribution in [3.05, 3.63) is 23.8 Å². The van der Waals surface area contributed by atoms with Crippen molar-refractivity contribution in [3.63, 3.8) is 0 Å². The van der Waals surface area contributed by atoms with Gasteiger partial charge in [-0.05, 0) is 17.7 Å². The smallest absolute Gasteiger partial charge is 0.319 e. The van der Waals surface area contributed by atoms with E-state index in [1.54, 1.807) is 46.5 Å². The number of nitrogens with zero attached hydrogens (tertiary/aromatic N) is 2. The minimum Gasteiger partial charge on any atom is -0.493 e. The molecule has 1 unspecified atom stereocenters. The normalized spacial score (nSPS) is 11.7. The number of carbonyl (C=O) groups excluding carboxylic acids is 1. The molecule has 0 heterocycles. The first kappa shape index (κ1) is 16.1. The summed E-state index contributed by atoms with van der Waals surface area (Å²) >= 11 is 0. The van der Waals surface area contributed by atoms with Crippen LogP contribution in [0.5, 0.6) is 11.5 Å². The Balaban J connectivity index is 2.82. The van der Waals surface area contributed by atoms with E-state index in [4.69, 9.17) is 9.47 Å². The third-order valence-corrected chi connectivity index (χ3v) is 2.95. The molecule has 0 aliphatic carbocycles. The van der Waals surface area contributed by atoms with Crippen LogP contribution in [0.15, 0.2) is 18.2 Å². The molecule has 20 heavy (non-hydrogen) atoms. The first-order valence-electron chi connectivity index (χ1n) is 6.23. The average Bonchev–Trinajstić information content (AvgIpc) is 2.45. The average molecular weight is 282 g/mol. The Morgan fingerprint density at radius 2 is 1.80 bits per heavy atom. The summed E-state index contributed by atoms with van der Waals surface area (Å²) in [4.78, 5) is 14.6. The zero-order valence-corrected chi connectivity index (χ0v) is 12.6. The number of likely N-dealkylation sites (N-methyl/N-ethyl adjacent to an activating group) is 1. The maximum atomic E-state index is 11.7. The lowest BCUT2D eigenvalue weighted by molar-refractivity contribution is 0.121. The fourth-order valence-electron chi connectivity index (χ4n) is 1.84. The fourth-order valence-corrected chi connectivity index (χ4v) is 1.84. The summed E-state index contributed by atoms with van der Waals surface area (Å²) in [5, 5.41) is 10.2. The monoisotopic (exact) mass is 282 g/mol. The number of benzene rings is 1. The number of aliphatic hydroxyl groups is 1. The Labute approximate surface area is 119 Å². The predicted octanol–water partition coefficient (Wildman–Crippen LogP) is 1.35. The Kier molecular flexibility index (Phi) is 5.64. The van der Waals surface area contributed by atoms with Gasteiger partial charge in [-0.15, -0.1) is 0 Å². The van der Waals surface area contributed by atoms with Crippen LogP contribution in [0.1, 0.15) is 11.7 Å². The van der Waals surface area contributed by atoms with E-state index in [0.717, 1.165) is 0 Å². The van der Waals surface area contributed by atoms with E-state index in [1.165, 1.54) is 16.9 Å². The van der Waals surface area contributed by atoms with Crippen molar-refractivity contribution in [3.8, 4) is 11.5 Å². The molecule has 6 nitrogen and oxygen atoms in total. The molecule has 0 radical (unpaired) electrons. The summed E-state index contributed by atoms with van der Waals surface area (Å²) in [6.07, 6.45) is -0.788. The van der Waals surface area contributed by atoms with Crippen molar-refractivity contribution in [1.29, 1.82) is 0 Å². The van der Waals surface area contributed by atoms with Gasteiger partial charge in [-0.1, -0.05) is 6.07 Å². The molecule has 0 spiro atoms. The summed E-state index contributed by atoms with van der Waals surface area (Å²) in [6.45, 7) is 0.201. The van der Waals surface area contributed by atoms with Gasteiger partial charge in [0.15, 0.2) is 11.5 Å². The number of hydrogen-bond donors (Lipinski definition) is 1. The van der Waals surface area contributed by atoms with E-state index in [9.17, 15) is 9.90 Å². The van der Waals surface area contributed by atoms with Crippen LogP contribution in [0, 0.1) is 0 Å². The van der Waals surface area contributed by atoms with Gasteiger partial charge in [0.05, 0.1) is 26.9 Å². The maximum Gasteiger partial charge on any atom is 0.319 e. The van der Waals surface area contributed by atoms with Crippen molar-refractivity contribution in [2.24, 2.45) is 0 Å². The molecule has 0 bridgehead atoms. The number of amides is 2. The van der Waals surface area contributed by atoms with E-state index in [0.29, 0.717) is 17.1 Å². The van der Waals surface area contributed by atoms with Gasteiger partial charge in [-0.2, -0.15) is 0 Å². The molecule has 0 saturated heterocycles. The minimum absolute atomic E-state index is 0.162. The van der Waals surface area contributed by atoms with Crippen LogP contribution in [-0.2, 0) is 0 Å². The lowest BCUT2D eigenvalue weighted by Gasteiger charge is -2.24. The van der Waals surface area contributed by atoms with E-state index in [1.807, 2.05) is 0 Å². The molecular formula is C14H22N2O4. The number of aliphatic hydroxyl groups excluding tert-OH is 1. The van der Waals surface area contributed by atoms with E-state index >= 15 is 0 Å². The summed E-state index contributed by atoms with van der Waals surface area (Å²) in [7, 11) is 8.07. The summed E-state index contributed by atoms with van der Waals surface area (Å²) in [5.74, 6) is 1.15. The molecule has 0 aliphatic rings. The number of rotatable bonds is 5. The van der Waals surface area contributed by atoms with Crippen molar-refractivity contribution < 1.29 is 19.4 Å². The van der Waals surface area contributed by atoms with Gasteiger partial charge in [0.25, 0.3) is 0 Å². The zero-order valence-electron chi connectivity index (χ0n) is 12.6. The van der Waals surface area contributed by atoms with Gasteiger partial charge in [0.1, 0.15) is 0 Å². The molecular weight excluding hydrogens is 260 g/mol. The van der Waals surface area contributed by atoms with Crippen LogP contribution in [0.3, 0.4) is 0 Å². The first-order chi connectivity index (χ1) is 9.40. The predicted molar refractivity (Wildman–Crippen MR) is 76.2 cm³/mol. The highest BCUT2D eigenvalue weighted by Gasteiger charge is 2.17. The molecule has 1 aromatic carbocycles. The van der Waals surface area contributed by atoms with Crippen molar-refractivity contribution >= 4 is 6.03 Å². The summed E-state index contributed by atoms with van der Waals surface area (Å²) < 4.78 is 10.3. The topological polar surface area (TPSA) is 62.2 Å². The molecule has 1 rings (SSSR count). The lowest BCUT2D eigenvalue weighted by Crippen LogP contribution is -2.38. The lowest BCUT2D eigenvalue weighted by atomic mass is 10.1. The van der Waals surface area contributed by atoms with Gasteiger partial charge in [0, 0.05) is 21.1 Å². The number of carbonyl (C=O) groups is 1. The van der Waals surface area contributed by atoms with Crippen LogP contribution in [0.4, 0.5) is 4.79 Å². The quantitative estimate of drug-likeness (QED) is 0.885. The second kappa shape index (κ2) is 7.00. The molecule has 112 valence electrons. The SMILES string of the molecule is COc1ccc(C(O)CN(C)C(=O)N(C)C)cc1OC. The first-order valence-corrected chi connectivity index (χ1v) is 6.23. The molecule has 0 fully saturated rings. The van der Waals surface area contributed by atoms with E-state index < -0.39 is 6.10 Å². The Morgan fingerprint density at radius 1 is 1.20 bits per heavy atom. The highest BCUT2D eigenvalue weighted by molar-refractivity contribution is 5.73. The van der Waals surface area contributed by atoms with Crippen LogP contribution in [-0.4, -0.2) is 62.8 Å². The van der Waals surface area contributed by atoms with E-state index in [2.05, 4.69) is 0 Å². The standard InChI is InChI=1S/C14H22N2O4/c1-15(2)14(18)16(3)9-11(17)10-6-7-12(19-4)13(8-10)20-5/h6-8,11,17H,9H2,1-5H3. The molecule has 2 amide bonds. The third kappa shape index (κ3) is 3.77. The summed E-state index contributed by atoms with van der Waals surface area (Å²) in [6, 6.07) is 5.02. The highest BCUT2D eigenvalue weighted by atomic mass is 16.5. The zero-order chi connectivity index (χ0) is 15.3. The van der Waals surface area contributed by atoms with Gasteiger partial charge in [-0.3, -0.25) is 0 Å². The summed E-state index contributed by atoms with van der Waals surface area (Å²) in [5.41, 5.74) is 0.668. The van der Waals surface area contributed by atoms with Crippen LogP contribution >= 0.6 is 0 Å². The molecule has 0 saturated carbocycles. The van der Waals surface area contributed by atoms with Crippen LogP contribution in [0.25, 0.3) is 0 Å². The second-order valence-electron chi connectivity index (χ2n) is 4.69. The molecule has 6 heteroatoms.